The van der Waals surface area contributed by atoms with E-state index in [9.17, 15) is 18.6 Å². The predicted octanol–water partition coefficient (Wildman–Crippen LogP) is 2.18. The van der Waals surface area contributed by atoms with Crippen LogP contribution >= 0.6 is 0 Å². The lowest BCUT2D eigenvalue weighted by molar-refractivity contribution is -0.119. The van der Waals surface area contributed by atoms with Crippen molar-refractivity contribution in [2.75, 3.05) is 23.5 Å². The molecule has 0 spiro atoms. The minimum absolute atomic E-state index is 0.167. The normalized spacial score (nSPS) is 11.3. The highest BCUT2D eigenvalue weighted by atomic mass is 32.2. The molecule has 2 N–H and O–H groups in total. The van der Waals surface area contributed by atoms with Gasteiger partial charge in [-0.3, -0.25) is 13.8 Å². The second-order valence-corrected chi connectivity index (χ2v) is 6.68. The van der Waals surface area contributed by atoms with Gasteiger partial charge < -0.3 is 15.4 Å². The summed E-state index contributed by atoms with van der Waals surface area (Å²) in [4.78, 5) is 35.3. The Balaban J connectivity index is 1.91. The molecule has 8 heteroatoms. The topological polar surface area (TPSA) is 102 Å². The smallest absolute Gasteiger partial charge is 0.339 e. The van der Waals surface area contributed by atoms with Crippen LogP contribution in [0.2, 0.25) is 0 Å². The van der Waals surface area contributed by atoms with E-state index in [1.54, 1.807) is 42.5 Å². The third-order valence-corrected chi connectivity index (χ3v) is 4.22. The Bertz CT molecular complexity index is 849. The van der Waals surface area contributed by atoms with Gasteiger partial charge >= 0.3 is 5.97 Å². The molecule has 0 aliphatic heterocycles. The molecule has 0 fully saturated rings. The van der Waals surface area contributed by atoms with Crippen molar-refractivity contribution >= 4 is 40.0 Å². The fourth-order valence-electron chi connectivity index (χ4n) is 2.13. The number of carbonyl (C=O) groups excluding carboxylic acids is 3. The number of esters is 1. The standard InChI is InChI=1S/C18H18N2O5S/c1-12(21)19-13-7-9-14(10-8-13)20-17(22)11-25-18(23)15-5-3-4-6-16(15)26(2)24/h3-10H,11H2,1-2H3,(H,19,21)(H,20,22)/t26-/m0/s1. The van der Waals surface area contributed by atoms with Gasteiger partial charge in [0.1, 0.15) is 0 Å². The summed E-state index contributed by atoms with van der Waals surface area (Å²) in [6.45, 7) is 0.924. The molecule has 0 aliphatic carbocycles. The first-order valence-corrected chi connectivity index (χ1v) is 9.19. The Kier molecular flexibility index (Phi) is 6.62. The SMILES string of the molecule is CC(=O)Nc1ccc(NC(=O)COC(=O)c2ccccc2[S@](C)=O)cc1. The zero-order valence-electron chi connectivity index (χ0n) is 14.3. The van der Waals surface area contributed by atoms with Crippen molar-refractivity contribution in [3.63, 3.8) is 0 Å². The minimum atomic E-state index is -1.34. The molecule has 0 saturated heterocycles. The number of amides is 2. The number of ether oxygens (including phenoxy) is 1. The zero-order valence-corrected chi connectivity index (χ0v) is 15.1. The van der Waals surface area contributed by atoms with Crippen molar-refractivity contribution in [3.05, 3.63) is 54.1 Å². The van der Waals surface area contributed by atoms with Crippen molar-refractivity contribution in [1.82, 2.24) is 0 Å². The fraction of sp³-hybridized carbons (Fsp3) is 0.167. The van der Waals surface area contributed by atoms with Gasteiger partial charge in [-0.05, 0) is 36.4 Å². The van der Waals surface area contributed by atoms with Crippen LogP contribution in [0, 0.1) is 0 Å². The molecular formula is C18H18N2O5S. The van der Waals surface area contributed by atoms with Crippen LogP contribution in [0.1, 0.15) is 17.3 Å². The second-order valence-electron chi connectivity index (χ2n) is 5.33. The maximum absolute atomic E-state index is 12.1. The van der Waals surface area contributed by atoms with Crippen molar-refractivity contribution in [2.45, 2.75) is 11.8 Å². The molecule has 0 aromatic heterocycles. The molecule has 0 unspecified atom stereocenters. The summed E-state index contributed by atoms with van der Waals surface area (Å²) < 4.78 is 16.6. The molecule has 136 valence electrons. The van der Waals surface area contributed by atoms with Gasteiger partial charge in [0.25, 0.3) is 5.91 Å². The van der Waals surface area contributed by atoms with Gasteiger partial charge in [-0.1, -0.05) is 12.1 Å². The largest absolute Gasteiger partial charge is 0.452 e. The first kappa shape index (κ1) is 19.3. The number of benzene rings is 2. The number of rotatable bonds is 6. The molecule has 0 radical (unpaired) electrons. The maximum atomic E-state index is 12.1. The first-order chi connectivity index (χ1) is 12.4. The average molecular weight is 374 g/mol. The van der Waals surface area contributed by atoms with Crippen LogP contribution in [-0.2, 0) is 25.1 Å². The van der Waals surface area contributed by atoms with Crippen molar-refractivity contribution in [1.29, 1.82) is 0 Å². The molecule has 2 amide bonds. The van der Waals surface area contributed by atoms with Gasteiger partial charge in [-0.2, -0.15) is 0 Å². The highest BCUT2D eigenvalue weighted by molar-refractivity contribution is 7.84. The molecule has 0 saturated carbocycles. The van der Waals surface area contributed by atoms with Gasteiger partial charge in [0.2, 0.25) is 5.91 Å². The van der Waals surface area contributed by atoms with E-state index in [-0.39, 0.29) is 11.5 Å². The van der Waals surface area contributed by atoms with Crippen LogP contribution in [-0.4, -0.2) is 34.9 Å². The Hall–Kier alpha value is -3.00. The van der Waals surface area contributed by atoms with E-state index in [2.05, 4.69) is 10.6 Å². The van der Waals surface area contributed by atoms with Crippen LogP contribution in [0.25, 0.3) is 0 Å². The average Bonchev–Trinajstić information content (AvgIpc) is 2.61. The van der Waals surface area contributed by atoms with Gasteiger partial charge in [-0.25, -0.2) is 4.79 Å². The molecular weight excluding hydrogens is 356 g/mol. The molecule has 0 bridgehead atoms. The Labute approximate surface area is 153 Å². The number of anilines is 2. The molecule has 2 rings (SSSR count). The zero-order chi connectivity index (χ0) is 19.1. The minimum Gasteiger partial charge on any atom is -0.452 e. The van der Waals surface area contributed by atoms with Crippen molar-refractivity contribution < 1.29 is 23.3 Å². The summed E-state index contributed by atoms with van der Waals surface area (Å²) >= 11 is 0. The van der Waals surface area contributed by atoms with Gasteiger partial charge in [0.05, 0.1) is 21.3 Å². The predicted molar refractivity (Wildman–Crippen MR) is 98.4 cm³/mol. The van der Waals surface area contributed by atoms with Gasteiger partial charge in [-0.15, -0.1) is 0 Å². The summed E-state index contributed by atoms with van der Waals surface area (Å²) in [5, 5.41) is 5.19. The van der Waals surface area contributed by atoms with E-state index in [0.29, 0.717) is 16.3 Å². The summed E-state index contributed by atoms with van der Waals surface area (Å²) in [6.07, 6.45) is 1.46. The highest BCUT2D eigenvalue weighted by Gasteiger charge is 2.16. The lowest BCUT2D eigenvalue weighted by Crippen LogP contribution is -2.21. The second kappa shape index (κ2) is 8.91. The first-order valence-electron chi connectivity index (χ1n) is 7.64. The fourth-order valence-corrected chi connectivity index (χ4v) is 2.86. The Morgan fingerprint density at radius 2 is 1.54 bits per heavy atom. The van der Waals surface area contributed by atoms with E-state index in [4.69, 9.17) is 4.74 Å². The summed E-state index contributed by atoms with van der Waals surface area (Å²) in [6, 6.07) is 12.9. The van der Waals surface area contributed by atoms with Crippen LogP contribution in [0.15, 0.2) is 53.4 Å². The van der Waals surface area contributed by atoms with E-state index in [1.807, 2.05) is 0 Å². The number of nitrogens with one attached hydrogen (secondary N) is 2. The molecule has 26 heavy (non-hydrogen) atoms. The van der Waals surface area contributed by atoms with E-state index >= 15 is 0 Å². The number of carbonyl (C=O) groups is 3. The molecule has 0 aliphatic rings. The van der Waals surface area contributed by atoms with Crippen LogP contribution in [0.5, 0.6) is 0 Å². The van der Waals surface area contributed by atoms with Crippen LogP contribution in [0.3, 0.4) is 0 Å². The molecule has 7 nitrogen and oxygen atoms in total. The Morgan fingerprint density at radius 1 is 0.962 bits per heavy atom. The lowest BCUT2D eigenvalue weighted by Gasteiger charge is -2.09. The monoisotopic (exact) mass is 374 g/mol. The maximum Gasteiger partial charge on any atom is 0.339 e. The summed E-state index contributed by atoms with van der Waals surface area (Å²) in [5.41, 5.74) is 1.27. The summed E-state index contributed by atoms with van der Waals surface area (Å²) in [5.74, 6) is -1.42. The molecule has 0 heterocycles. The summed E-state index contributed by atoms with van der Waals surface area (Å²) in [7, 11) is -1.34. The molecule has 2 aromatic rings. The number of hydrogen-bond donors (Lipinski definition) is 2. The highest BCUT2D eigenvalue weighted by Crippen LogP contribution is 2.15. The number of hydrogen-bond acceptors (Lipinski definition) is 5. The molecule has 1 atom stereocenters. The third-order valence-electron chi connectivity index (χ3n) is 3.24. The van der Waals surface area contributed by atoms with Gasteiger partial charge in [0.15, 0.2) is 6.61 Å². The van der Waals surface area contributed by atoms with Gasteiger partial charge in [0, 0.05) is 24.6 Å². The lowest BCUT2D eigenvalue weighted by atomic mass is 10.2. The van der Waals surface area contributed by atoms with Crippen molar-refractivity contribution in [3.8, 4) is 0 Å². The van der Waals surface area contributed by atoms with Crippen molar-refractivity contribution in [2.24, 2.45) is 0 Å². The molecule has 2 aromatic carbocycles. The van der Waals surface area contributed by atoms with Crippen LogP contribution in [0.4, 0.5) is 11.4 Å². The van der Waals surface area contributed by atoms with E-state index in [1.165, 1.54) is 19.2 Å². The quantitative estimate of drug-likeness (QED) is 0.755. The Morgan fingerprint density at radius 3 is 2.12 bits per heavy atom. The van der Waals surface area contributed by atoms with E-state index < -0.39 is 29.3 Å². The third kappa shape index (κ3) is 5.52. The van der Waals surface area contributed by atoms with E-state index in [0.717, 1.165) is 0 Å². The van der Waals surface area contributed by atoms with Crippen LogP contribution < -0.4 is 10.6 Å².